The van der Waals surface area contributed by atoms with Crippen LogP contribution in [-0.4, -0.2) is 18.4 Å². The SMILES string of the molecule is CCOc1ccc(C(=O)NNC(=O)/C=C/c2cccc(C(F)(F)F)c2)cc1. The van der Waals surface area contributed by atoms with Crippen LogP contribution in [0.2, 0.25) is 0 Å². The van der Waals surface area contributed by atoms with Crippen molar-refractivity contribution in [2.24, 2.45) is 0 Å². The number of ether oxygens (including phenoxy) is 1. The summed E-state index contributed by atoms with van der Waals surface area (Å²) in [4.78, 5) is 23.7. The minimum atomic E-state index is -4.46. The van der Waals surface area contributed by atoms with Gasteiger partial charge in [0.05, 0.1) is 12.2 Å². The molecule has 0 aliphatic carbocycles. The number of hydrogen-bond donors (Lipinski definition) is 2. The van der Waals surface area contributed by atoms with Crippen LogP contribution in [0.5, 0.6) is 5.75 Å². The fourth-order valence-corrected chi connectivity index (χ4v) is 2.09. The molecule has 2 N–H and O–H groups in total. The quantitative estimate of drug-likeness (QED) is 0.617. The Kier molecular flexibility index (Phi) is 6.59. The van der Waals surface area contributed by atoms with Crippen molar-refractivity contribution >= 4 is 17.9 Å². The Hall–Kier alpha value is -3.29. The molecule has 0 aromatic heterocycles. The van der Waals surface area contributed by atoms with Crippen molar-refractivity contribution in [3.05, 3.63) is 71.3 Å². The Morgan fingerprint density at radius 3 is 2.41 bits per heavy atom. The molecule has 8 heteroatoms. The third kappa shape index (κ3) is 6.18. The summed E-state index contributed by atoms with van der Waals surface area (Å²) in [6.07, 6.45) is -2.22. The average Bonchev–Trinajstić information content (AvgIpc) is 2.65. The van der Waals surface area contributed by atoms with Gasteiger partial charge in [0, 0.05) is 11.6 Å². The number of rotatable bonds is 5. The van der Waals surface area contributed by atoms with E-state index in [0.29, 0.717) is 17.9 Å². The van der Waals surface area contributed by atoms with Gasteiger partial charge < -0.3 is 4.74 Å². The topological polar surface area (TPSA) is 67.4 Å². The first-order valence-corrected chi connectivity index (χ1v) is 7.98. The molecule has 2 aromatic rings. The molecule has 0 bridgehead atoms. The highest BCUT2D eigenvalue weighted by Crippen LogP contribution is 2.29. The summed E-state index contributed by atoms with van der Waals surface area (Å²) < 4.78 is 43.2. The second kappa shape index (κ2) is 8.88. The Morgan fingerprint density at radius 1 is 1.07 bits per heavy atom. The van der Waals surface area contributed by atoms with E-state index in [1.807, 2.05) is 6.92 Å². The predicted octanol–water partition coefficient (Wildman–Crippen LogP) is 3.58. The molecule has 0 unspecified atom stereocenters. The van der Waals surface area contributed by atoms with E-state index in [-0.39, 0.29) is 5.56 Å². The van der Waals surface area contributed by atoms with Crippen LogP contribution in [0.4, 0.5) is 13.2 Å². The Labute approximate surface area is 153 Å². The molecule has 5 nitrogen and oxygen atoms in total. The fraction of sp³-hybridized carbons (Fsp3) is 0.158. The number of halogens is 3. The second-order valence-electron chi connectivity index (χ2n) is 5.36. The van der Waals surface area contributed by atoms with Crippen molar-refractivity contribution < 1.29 is 27.5 Å². The van der Waals surface area contributed by atoms with Crippen LogP contribution in [0.15, 0.2) is 54.6 Å². The summed E-state index contributed by atoms with van der Waals surface area (Å²) in [5.41, 5.74) is 4.07. The van der Waals surface area contributed by atoms with Gasteiger partial charge in [-0.25, -0.2) is 0 Å². The Bertz CT molecular complexity index is 831. The lowest BCUT2D eigenvalue weighted by atomic mass is 10.1. The monoisotopic (exact) mass is 378 g/mol. The molecular formula is C19H17F3N2O3. The van der Waals surface area contributed by atoms with E-state index in [0.717, 1.165) is 18.2 Å². The summed E-state index contributed by atoms with van der Waals surface area (Å²) in [5.74, 6) is -0.618. The Morgan fingerprint density at radius 2 is 1.78 bits per heavy atom. The predicted molar refractivity (Wildman–Crippen MR) is 93.7 cm³/mol. The summed E-state index contributed by atoms with van der Waals surface area (Å²) in [7, 11) is 0. The van der Waals surface area contributed by atoms with Gasteiger partial charge in [0.15, 0.2) is 0 Å². The van der Waals surface area contributed by atoms with Gasteiger partial charge in [-0.2, -0.15) is 13.2 Å². The van der Waals surface area contributed by atoms with Gasteiger partial charge in [-0.05, 0) is 55.0 Å². The van der Waals surface area contributed by atoms with Gasteiger partial charge in [0.2, 0.25) is 0 Å². The molecule has 142 valence electrons. The largest absolute Gasteiger partial charge is 0.494 e. The lowest BCUT2D eigenvalue weighted by Crippen LogP contribution is -2.40. The summed E-state index contributed by atoms with van der Waals surface area (Å²) in [6.45, 7) is 2.34. The first kappa shape index (κ1) is 20.0. The normalized spacial score (nSPS) is 11.3. The molecule has 2 amide bonds. The first-order valence-electron chi connectivity index (χ1n) is 7.98. The molecule has 0 saturated heterocycles. The van der Waals surface area contributed by atoms with Gasteiger partial charge in [-0.3, -0.25) is 20.4 Å². The van der Waals surface area contributed by atoms with E-state index in [1.165, 1.54) is 30.3 Å². The standard InChI is InChI=1S/C19H17F3N2O3/c1-2-27-16-9-7-14(8-10-16)18(26)24-23-17(25)11-6-13-4-3-5-15(12-13)19(20,21)22/h3-12H,2H2,1H3,(H,23,25)(H,24,26)/b11-6+. The van der Waals surface area contributed by atoms with Crippen LogP contribution in [0, 0.1) is 0 Å². The summed E-state index contributed by atoms with van der Waals surface area (Å²) in [5, 5.41) is 0. The maximum absolute atomic E-state index is 12.6. The van der Waals surface area contributed by atoms with Crippen LogP contribution < -0.4 is 15.6 Å². The molecule has 0 aliphatic heterocycles. The van der Waals surface area contributed by atoms with E-state index in [1.54, 1.807) is 12.1 Å². The van der Waals surface area contributed by atoms with Gasteiger partial charge >= 0.3 is 6.18 Å². The smallest absolute Gasteiger partial charge is 0.416 e. The molecule has 0 heterocycles. The highest BCUT2D eigenvalue weighted by atomic mass is 19.4. The van der Waals surface area contributed by atoms with E-state index in [9.17, 15) is 22.8 Å². The number of alkyl halides is 3. The van der Waals surface area contributed by atoms with Crippen LogP contribution in [0.1, 0.15) is 28.4 Å². The highest BCUT2D eigenvalue weighted by Gasteiger charge is 2.30. The molecule has 2 rings (SSSR count). The minimum absolute atomic E-state index is 0.206. The summed E-state index contributed by atoms with van der Waals surface area (Å²) >= 11 is 0. The van der Waals surface area contributed by atoms with Crippen molar-refractivity contribution in [1.29, 1.82) is 0 Å². The van der Waals surface area contributed by atoms with Crippen molar-refractivity contribution in [3.8, 4) is 5.75 Å². The zero-order valence-corrected chi connectivity index (χ0v) is 14.3. The molecule has 0 spiro atoms. The lowest BCUT2D eigenvalue weighted by molar-refractivity contribution is -0.137. The molecule has 27 heavy (non-hydrogen) atoms. The molecule has 0 saturated carbocycles. The van der Waals surface area contributed by atoms with Crippen molar-refractivity contribution in [3.63, 3.8) is 0 Å². The number of hydrogen-bond acceptors (Lipinski definition) is 3. The maximum atomic E-state index is 12.6. The van der Waals surface area contributed by atoms with Crippen molar-refractivity contribution in [2.45, 2.75) is 13.1 Å². The zero-order valence-electron chi connectivity index (χ0n) is 14.3. The first-order chi connectivity index (χ1) is 12.8. The van der Waals surface area contributed by atoms with Crippen LogP contribution in [-0.2, 0) is 11.0 Å². The average molecular weight is 378 g/mol. The molecule has 2 aromatic carbocycles. The molecule has 0 fully saturated rings. The molecule has 0 radical (unpaired) electrons. The fourth-order valence-electron chi connectivity index (χ4n) is 2.09. The van der Waals surface area contributed by atoms with Crippen molar-refractivity contribution in [2.75, 3.05) is 6.61 Å². The maximum Gasteiger partial charge on any atom is 0.416 e. The minimum Gasteiger partial charge on any atom is -0.494 e. The van der Waals surface area contributed by atoms with Gasteiger partial charge in [0.25, 0.3) is 11.8 Å². The highest BCUT2D eigenvalue weighted by molar-refractivity contribution is 5.97. The molecular weight excluding hydrogens is 361 g/mol. The third-order valence-corrected chi connectivity index (χ3v) is 3.37. The van der Waals surface area contributed by atoms with E-state index < -0.39 is 23.6 Å². The van der Waals surface area contributed by atoms with Gasteiger partial charge in [0.1, 0.15) is 5.75 Å². The zero-order chi connectivity index (χ0) is 19.9. The number of benzene rings is 2. The van der Waals surface area contributed by atoms with Crippen LogP contribution >= 0.6 is 0 Å². The molecule has 0 aliphatic rings. The number of carbonyl (C=O) groups excluding carboxylic acids is 2. The summed E-state index contributed by atoms with van der Waals surface area (Å²) in [6, 6.07) is 10.8. The molecule has 0 atom stereocenters. The number of nitrogens with one attached hydrogen (secondary N) is 2. The van der Waals surface area contributed by atoms with E-state index >= 15 is 0 Å². The Balaban J connectivity index is 1.90. The van der Waals surface area contributed by atoms with Crippen LogP contribution in [0.3, 0.4) is 0 Å². The second-order valence-corrected chi connectivity index (χ2v) is 5.36. The third-order valence-electron chi connectivity index (χ3n) is 3.37. The van der Waals surface area contributed by atoms with Crippen molar-refractivity contribution in [1.82, 2.24) is 10.9 Å². The van der Waals surface area contributed by atoms with Crippen LogP contribution in [0.25, 0.3) is 6.08 Å². The number of amides is 2. The van der Waals surface area contributed by atoms with E-state index in [2.05, 4.69) is 10.9 Å². The van der Waals surface area contributed by atoms with Gasteiger partial charge in [-0.1, -0.05) is 12.1 Å². The van der Waals surface area contributed by atoms with Gasteiger partial charge in [-0.15, -0.1) is 0 Å². The number of hydrazine groups is 1. The lowest BCUT2D eigenvalue weighted by Gasteiger charge is -2.07. The number of carbonyl (C=O) groups is 2. The van der Waals surface area contributed by atoms with E-state index in [4.69, 9.17) is 4.74 Å².